The third-order valence-corrected chi connectivity index (χ3v) is 7.08. The van der Waals surface area contributed by atoms with Gasteiger partial charge in [0.15, 0.2) is 16.7 Å². The molecule has 0 radical (unpaired) electrons. The molecule has 1 aromatic carbocycles. The summed E-state index contributed by atoms with van der Waals surface area (Å²) in [5.41, 5.74) is 26.4. The van der Waals surface area contributed by atoms with E-state index in [-0.39, 0.29) is 12.5 Å². The first-order chi connectivity index (χ1) is 30.7. The molecule has 0 aliphatic heterocycles. The van der Waals surface area contributed by atoms with Gasteiger partial charge in [-0.25, -0.2) is 0 Å². The van der Waals surface area contributed by atoms with Crippen LogP contribution in [-0.2, 0) is 47.9 Å². The van der Waals surface area contributed by atoms with Crippen LogP contribution in [0.1, 0.15) is 65.9 Å². The predicted molar refractivity (Wildman–Crippen MR) is 261 cm³/mol. The van der Waals surface area contributed by atoms with Crippen LogP contribution in [0.25, 0.3) is 0 Å². The number of nitrogens with one attached hydrogen (secondary N) is 6. The minimum Gasteiger partial charge on any atom is -0.481 e. The Balaban J connectivity index is -0.000000204. The van der Waals surface area contributed by atoms with Gasteiger partial charge in [-0.3, -0.25) is 43.3 Å². The molecule has 0 aromatic heterocycles. The number of benzene rings is 1. The third-order valence-electron chi connectivity index (χ3n) is 5.63. The van der Waals surface area contributed by atoms with Gasteiger partial charge in [-0.15, -0.1) is 37.0 Å². The van der Waals surface area contributed by atoms with Gasteiger partial charge >= 0.3 is 0 Å². The third kappa shape index (κ3) is 67.6. The van der Waals surface area contributed by atoms with E-state index >= 15 is 0 Å². The maximum absolute atomic E-state index is 11.7. The summed E-state index contributed by atoms with van der Waals surface area (Å²) < 4.78 is 0. The molecule has 65 heavy (non-hydrogen) atoms. The van der Waals surface area contributed by atoms with Gasteiger partial charge in [-0.2, -0.15) is 0 Å². The summed E-state index contributed by atoms with van der Waals surface area (Å²) in [7, 11) is 0. The molecule has 0 saturated carbocycles. The number of aldehydes is 2. The summed E-state index contributed by atoms with van der Waals surface area (Å²) >= 11 is 9.03. The van der Waals surface area contributed by atoms with Gasteiger partial charge < -0.3 is 75.3 Å². The number of nitrogens with two attached hydrogens (primary N) is 5. The Bertz CT molecular complexity index is 1520. The molecule has 26 heteroatoms. The molecule has 0 heterocycles. The molecular formula is C39H72N12O11S3. The van der Waals surface area contributed by atoms with Gasteiger partial charge in [0.25, 0.3) is 17.8 Å². The van der Waals surface area contributed by atoms with Crippen molar-refractivity contribution in [2.24, 2.45) is 33.7 Å². The summed E-state index contributed by atoms with van der Waals surface area (Å²) in [4.78, 5) is 112. The van der Waals surface area contributed by atoms with Crippen molar-refractivity contribution in [3.05, 3.63) is 47.4 Å². The SMILES string of the molecule is CC.CC(=O)O.CCCCN.CCCN=C(N)N.Cc1ccccc1.NCC(=O)NC(S)C(=O)NCC(=O)NCC(=O)NCC(=O)NC(S)C(=O)NCC(N)=O.O=CCC=CSCC=O. The van der Waals surface area contributed by atoms with E-state index in [0.29, 0.717) is 12.2 Å². The number of carbonyl (C=O) groups excluding carboxylic acids is 9. The molecule has 0 saturated heterocycles. The van der Waals surface area contributed by atoms with Crippen molar-refractivity contribution >= 4 is 103 Å². The fraction of sp³-hybridized carbons (Fsp3) is 0.513. The number of guanidine groups is 1. The number of carbonyl (C=O) groups is 10. The highest BCUT2D eigenvalue weighted by atomic mass is 32.2. The fourth-order valence-corrected chi connectivity index (χ4v) is 3.72. The van der Waals surface area contributed by atoms with Crippen molar-refractivity contribution < 1.29 is 53.1 Å². The number of unbranched alkanes of at least 4 members (excludes halogenated alkanes) is 1. The molecule has 2 atom stereocenters. The molecule has 0 aliphatic rings. The van der Waals surface area contributed by atoms with Crippen molar-refractivity contribution in [2.75, 3.05) is 51.6 Å². The van der Waals surface area contributed by atoms with Crippen molar-refractivity contribution in [3.8, 4) is 0 Å². The molecule has 17 N–H and O–H groups in total. The molecule has 1 rings (SSSR count). The Morgan fingerprint density at radius 2 is 1.20 bits per heavy atom. The number of allylic oxidation sites excluding steroid dienone is 1. The lowest BCUT2D eigenvalue weighted by molar-refractivity contribution is -0.134. The van der Waals surface area contributed by atoms with E-state index < -0.39 is 84.2 Å². The van der Waals surface area contributed by atoms with Gasteiger partial charge in [-0.1, -0.05) is 76.1 Å². The number of thiol groups is 2. The molecule has 7 amide bonds. The highest BCUT2D eigenvalue weighted by molar-refractivity contribution is 8.02. The second-order valence-corrected chi connectivity index (χ2v) is 13.5. The lowest BCUT2D eigenvalue weighted by atomic mass is 10.2. The molecule has 0 spiro atoms. The topological polar surface area (TPSA) is 406 Å². The van der Waals surface area contributed by atoms with Crippen molar-refractivity contribution in [1.29, 1.82) is 0 Å². The van der Waals surface area contributed by atoms with E-state index in [4.69, 9.17) is 38.6 Å². The van der Waals surface area contributed by atoms with Gasteiger partial charge in [0.05, 0.1) is 38.5 Å². The van der Waals surface area contributed by atoms with Crippen LogP contribution in [0.15, 0.2) is 46.8 Å². The van der Waals surface area contributed by atoms with Crippen LogP contribution in [0.4, 0.5) is 0 Å². The number of amides is 7. The summed E-state index contributed by atoms with van der Waals surface area (Å²) in [6.45, 7) is 10.6. The minimum absolute atomic E-state index is 0.182. The van der Waals surface area contributed by atoms with Gasteiger partial charge in [0.1, 0.15) is 12.6 Å². The first-order valence-electron chi connectivity index (χ1n) is 19.8. The summed E-state index contributed by atoms with van der Waals surface area (Å²) in [5, 5.41) is 19.7. The Kier molecular flexibility index (Phi) is 59.4. The Hall–Kier alpha value is -5.70. The Labute approximate surface area is 397 Å². The lowest BCUT2D eigenvalue weighted by Crippen LogP contribution is -2.50. The zero-order valence-electron chi connectivity index (χ0n) is 38.0. The van der Waals surface area contributed by atoms with Crippen LogP contribution < -0.4 is 60.6 Å². The van der Waals surface area contributed by atoms with E-state index in [2.05, 4.69) is 88.1 Å². The zero-order chi connectivity index (χ0) is 51.4. The average molecular weight is 981 g/mol. The maximum atomic E-state index is 11.7. The molecule has 1 aromatic rings. The summed E-state index contributed by atoms with van der Waals surface area (Å²) in [6, 6.07) is 10.3. The number of nitrogens with zero attached hydrogens (tertiary/aromatic N) is 1. The van der Waals surface area contributed by atoms with E-state index in [9.17, 15) is 43.2 Å². The number of hydrogen-bond donors (Lipinski definition) is 14. The molecule has 0 fully saturated rings. The summed E-state index contributed by atoms with van der Waals surface area (Å²) in [5.74, 6) is -5.33. The van der Waals surface area contributed by atoms with Crippen molar-refractivity contribution in [2.45, 2.75) is 78.0 Å². The molecule has 23 nitrogen and oxygen atoms in total. The van der Waals surface area contributed by atoms with Crippen molar-refractivity contribution in [1.82, 2.24) is 31.9 Å². The van der Waals surface area contributed by atoms with Gasteiger partial charge in [-0.05, 0) is 31.7 Å². The number of primary amides is 1. The molecule has 0 aliphatic carbocycles. The van der Waals surface area contributed by atoms with E-state index in [1.165, 1.54) is 30.2 Å². The number of aliphatic imine (C=N–C) groups is 1. The zero-order valence-corrected chi connectivity index (χ0v) is 40.6. The number of hydrogen-bond acceptors (Lipinski definition) is 16. The number of aliphatic carboxylic acids is 1. The van der Waals surface area contributed by atoms with Crippen LogP contribution in [0.2, 0.25) is 0 Å². The molecule has 0 bridgehead atoms. The van der Waals surface area contributed by atoms with E-state index in [1.54, 1.807) is 11.5 Å². The fourth-order valence-electron chi connectivity index (χ4n) is 2.82. The van der Waals surface area contributed by atoms with Crippen LogP contribution in [-0.4, -0.2) is 133 Å². The standard InChI is InChI=1S/C14H24N8O7S2.C7H8.C6H8O2S.C4H11N3.C4H11N.C2H4O2.C2H6/c15-1-7(24)21-13(30)12(29)20-4-9(26)17-3-8(25)18-5-10(27)22-14(31)11(28)19-2-6(16)23;1-7-5-3-2-4-6-7;7-3-1-2-5-9-6-4-8;1-2-3-7-4(5)6;1-2-3-4-5;1-2(3)4;1-2/h13-14,30-31H,1-5,15H2,(H2,16,23)(H,17,26)(H,18,25)(H,19,28)(H,20,29)(H,21,24)(H,22,27);2-6H,1H3;2-5H,1,6H2;2-3H2,1H3,(H4,5,6,7);2-5H2,1H3;1H3,(H,3,4);1-2H3. The van der Waals surface area contributed by atoms with Crippen LogP contribution in [0.5, 0.6) is 0 Å². The maximum Gasteiger partial charge on any atom is 0.300 e. The highest BCUT2D eigenvalue weighted by Crippen LogP contribution is 1.98. The number of thioether (sulfide) groups is 1. The number of carboxylic acids is 1. The largest absolute Gasteiger partial charge is 0.481 e. The Morgan fingerprint density at radius 1 is 0.738 bits per heavy atom. The summed E-state index contributed by atoms with van der Waals surface area (Å²) in [6.07, 6.45) is 7.19. The second kappa shape index (κ2) is 54.4. The minimum atomic E-state index is -1.28. The normalized spacial score (nSPS) is 9.94. The van der Waals surface area contributed by atoms with Gasteiger partial charge in [0.2, 0.25) is 29.5 Å². The van der Waals surface area contributed by atoms with E-state index in [0.717, 1.165) is 39.0 Å². The predicted octanol–water partition coefficient (Wildman–Crippen LogP) is -1.81. The second-order valence-electron chi connectivity index (χ2n) is 11.5. The average Bonchev–Trinajstić information content (AvgIpc) is 3.26. The van der Waals surface area contributed by atoms with Crippen molar-refractivity contribution in [3.63, 3.8) is 0 Å². The van der Waals surface area contributed by atoms with Crippen LogP contribution in [0.3, 0.4) is 0 Å². The quantitative estimate of drug-likeness (QED) is 0.0152. The monoisotopic (exact) mass is 980 g/mol. The first kappa shape index (κ1) is 70.9. The Morgan fingerprint density at radius 3 is 1.54 bits per heavy atom. The van der Waals surface area contributed by atoms with Crippen LogP contribution in [0, 0.1) is 6.92 Å². The number of carboxylic acid groups (broad SMARTS) is 1. The van der Waals surface area contributed by atoms with Crippen LogP contribution >= 0.6 is 37.0 Å². The first-order valence-corrected chi connectivity index (χ1v) is 21.9. The molecule has 2 unspecified atom stereocenters. The number of rotatable bonds is 22. The van der Waals surface area contributed by atoms with E-state index in [1.807, 2.05) is 39.0 Å². The lowest BCUT2D eigenvalue weighted by Gasteiger charge is -2.13. The molecular weight excluding hydrogens is 909 g/mol. The smallest absolute Gasteiger partial charge is 0.300 e. The molecule has 372 valence electrons. The number of aryl methyl sites for hydroxylation is 1. The highest BCUT2D eigenvalue weighted by Gasteiger charge is 2.18. The van der Waals surface area contributed by atoms with Gasteiger partial charge in [0, 0.05) is 19.9 Å².